The molecule has 0 aliphatic heterocycles. The van der Waals surface area contributed by atoms with Crippen molar-refractivity contribution in [1.82, 2.24) is 14.5 Å². The minimum atomic E-state index is 0.713. The van der Waals surface area contributed by atoms with Gasteiger partial charge in [-0.05, 0) is 81.9 Å². The van der Waals surface area contributed by atoms with Crippen molar-refractivity contribution in [2.24, 2.45) is 0 Å². The molecule has 0 aliphatic rings. The second kappa shape index (κ2) is 13.9. The highest BCUT2D eigenvalue weighted by Gasteiger charge is 2.16. The van der Waals surface area contributed by atoms with Crippen LogP contribution in [-0.2, 0) is 0 Å². The van der Waals surface area contributed by atoms with Crippen LogP contribution in [0.25, 0.3) is 94.8 Å². The molecule has 0 amide bonds. The van der Waals surface area contributed by atoms with E-state index in [9.17, 15) is 0 Å². The normalized spacial score (nSPS) is 11.3. The van der Waals surface area contributed by atoms with Crippen LogP contribution in [0.1, 0.15) is 0 Å². The first kappa shape index (κ1) is 32.3. The van der Waals surface area contributed by atoms with E-state index in [1.807, 2.05) is 36.4 Å². The Morgan fingerprint density at radius 1 is 0.273 bits per heavy atom. The van der Waals surface area contributed by atoms with Crippen molar-refractivity contribution in [3.63, 3.8) is 0 Å². The molecular formula is C52H35N3. The van der Waals surface area contributed by atoms with Crippen molar-refractivity contribution >= 4 is 21.8 Å². The van der Waals surface area contributed by atoms with Gasteiger partial charge in [-0.15, -0.1) is 0 Å². The molecule has 0 radical (unpaired) electrons. The molecule has 0 N–H and O–H groups in total. The monoisotopic (exact) mass is 701 g/mol. The molecule has 2 aromatic heterocycles. The molecule has 0 unspecified atom stereocenters. The van der Waals surface area contributed by atoms with Gasteiger partial charge >= 0.3 is 0 Å². The summed E-state index contributed by atoms with van der Waals surface area (Å²) >= 11 is 0. The predicted molar refractivity (Wildman–Crippen MR) is 229 cm³/mol. The Hall–Kier alpha value is -7.36. The Labute approximate surface area is 320 Å². The first-order valence-electron chi connectivity index (χ1n) is 18.7. The van der Waals surface area contributed by atoms with Gasteiger partial charge in [0, 0.05) is 33.2 Å². The highest BCUT2D eigenvalue weighted by atomic mass is 15.0. The first-order chi connectivity index (χ1) is 27.2. The first-order valence-corrected chi connectivity index (χ1v) is 18.7. The summed E-state index contributed by atoms with van der Waals surface area (Å²) in [5.74, 6) is 0.713. The molecule has 258 valence electrons. The van der Waals surface area contributed by atoms with Crippen LogP contribution >= 0.6 is 0 Å². The van der Waals surface area contributed by atoms with Gasteiger partial charge in [-0.3, -0.25) is 0 Å². The Kier molecular flexibility index (Phi) is 8.16. The quantitative estimate of drug-likeness (QED) is 0.166. The maximum absolute atomic E-state index is 5.08. The lowest BCUT2D eigenvalue weighted by atomic mass is 10.00. The van der Waals surface area contributed by atoms with Gasteiger partial charge in [0.15, 0.2) is 5.82 Å². The summed E-state index contributed by atoms with van der Waals surface area (Å²) in [6, 6.07) is 75.2. The minimum Gasteiger partial charge on any atom is -0.309 e. The smallest absolute Gasteiger partial charge is 0.160 e. The summed E-state index contributed by atoms with van der Waals surface area (Å²) in [7, 11) is 0. The van der Waals surface area contributed by atoms with Crippen LogP contribution in [0.2, 0.25) is 0 Å². The zero-order valence-corrected chi connectivity index (χ0v) is 30.0. The number of rotatable bonds is 7. The van der Waals surface area contributed by atoms with Gasteiger partial charge < -0.3 is 4.57 Å². The average molecular weight is 702 g/mol. The van der Waals surface area contributed by atoms with Crippen molar-refractivity contribution in [3.05, 3.63) is 212 Å². The van der Waals surface area contributed by atoms with Crippen LogP contribution in [0.15, 0.2) is 212 Å². The Balaban J connectivity index is 1.05. The number of benzene rings is 8. The fourth-order valence-corrected chi connectivity index (χ4v) is 7.65. The lowest BCUT2D eigenvalue weighted by Crippen LogP contribution is -1.96. The minimum absolute atomic E-state index is 0.713. The SMILES string of the molecule is c1ccc(-c2ccc3c(c2)c2cc(-c4ccccc4)ccc2n3-c2ccc(-c3cccc(-c4cc(-c5ccccc5)nc(-c5ccccc5)n4)c3)cc2)cc1. The van der Waals surface area contributed by atoms with Gasteiger partial charge in [0.1, 0.15) is 0 Å². The molecule has 0 bridgehead atoms. The molecule has 8 aromatic carbocycles. The largest absolute Gasteiger partial charge is 0.309 e. The Morgan fingerprint density at radius 2 is 0.673 bits per heavy atom. The third kappa shape index (κ3) is 6.18. The van der Waals surface area contributed by atoms with Crippen molar-refractivity contribution < 1.29 is 0 Å². The number of fused-ring (bicyclic) bond motifs is 3. The summed E-state index contributed by atoms with van der Waals surface area (Å²) in [6.45, 7) is 0. The molecule has 2 heterocycles. The standard InChI is InChI=1S/C52H35N3/c1-5-14-36(15-6-1)42-26-30-50-46(33-42)47-34-43(37-16-7-2-8-17-37)27-31-51(47)55(50)45-28-24-38(25-29-45)41-22-13-23-44(32-41)49-35-48(39-18-9-3-10-19-39)53-52(54-49)40-20-11-4-12-21-40/h1-35H. The molecule has 0 saturated heterocycles. The summed E-state index contributed by atoms with van der Waals surface area (Å²) < 4.78 is 2.39. The maximum Gasteiger partial charge on any atom is 0.160 e. The second-order valence-electron chi connectivity index (χ2n) is 13.9. The Morgan fingerprint density at radius 3 is 1.22 bits per heavy atom. The van der Waals surface area contributed by atoms with E-state index >= 15 is 0 Å². The molecule has 0 fully saturated rings. The number of hydrogen-bond acceptors (Lipinski definition) is 2. The topological polar surface area (TPSA) is 30.7 Å². The van der Waals surface area contributed by atoms with Crippen LogP contribution in [0, 0.1) is 0 Å². The van der Waals surface area contributed by atoms with Gasteiger partial charge in [0.2, 0.25) is 0 Å². The van der Waals surface area contributed by atoms with E-state index in [0.717, 1.165) is 44.9 Å². The highest BCUT2D eigenvalue weighted by molar-refractivity contribution is 6.11. The van der Waals surface area contributed by atoms with Gasteiger partial charge in [0.25, 0.3) is 0 Å². The van der Waals surface area contributed by atoms with Crippen molar-refractivity contribution in [1.29, 1.82) is 0 Å². The van der Waals surface area contributed by atoms with E-state index in [1.54, 1.807) is 0 Å². The van der Waals surface area contributed by atoms with Gasteiger partial charge in [-0.1, -0.05) is 164 Å². The van der Waals surface area contributed by atoms with E-state index < -0.39 is 0 Å². The number of aromatic nitrogens is 3. The highest BCUT2D eigenvalue weighted by Crippen LogP contribution is 2.38. The van der Waals surface area contributed by atoms with Gasteiger partial charge in [-0.2, -0.15) is 0 Å². The summed E-state index contributed by atoms with van der Waals surface area (Å²) in [5.41, 5.74) is 15.5. The summed E-state index contributed by atoms with van der Waals surface area (Å²) in [6.07, 6.45) is 0. The lowest BCUT2D eigenvalue weighted by Gasteiger charge is -2.12. The fraction of sp³-hybridized carbons (Fsp3) is 0. The van der Waals surface area contributed by atoms with E-state index in [1.165, 1.54) is 44.1 Å². The van der Waals surface area contributed by atoms with Gasteiger partial charge in [0.05, 0.1) is 22.4 Å². The third-order valence-electron chi connectivity index (χ3n) is 10.4. The number of nitrogens with zero attached hydrogens (tertiary/aromatic N) is 3. The average Bonchev–Trinajstić information content (AvgIpc) is 3.60. The zero-order valence-electron chi connectivity index (χ0n) is 30.0. The molecule has 3 nitrogen and oxygen atoms in total. The number of hydrogen-bond donors (Lipinski definition) is 0. The predicted octanol–water partition coefficient (Wildman–Crippen LogP) is 13.6. The van der Waals surface area contributed by atoms with E-state index in [4.69, 9.17) is 9.97 Å². The second-order valence-corrected chi connectivity index (χ2v) is 13.9. The fourth-order valence-electron chi connectivity index (χ4n) is 7.65. The lowest BCUT2D eigenvalue weighted by molar-refractivity contribution is 1.18. The zero-order chi connectivity index (χ0) is 36.6. The molecule has 10 rings (SSSR count). The molecule has 55 heavy (non-hydrogen) atoms. The summed E-state index contributed by atoms with van der Waals surface area (Å²) in [4.78, 5) is 10.1. The van der Waals surface area contributed by atoms with Crippen LogP contribution in [-0.4, -0.2) is 14.5 Å². The molecule has 0 saturated carbocycles. The van der Waals surface area contributed by atoms with Crippen LogP contribution in [0.3, 0.4) is 0 Å². The van der Waals surface area contributed by atoms with Crippen LogP contribution in [0.5, 0.6) is 0 Å². The van der Waals surface area contributed by atoms with E-state index in [0.29, 0.717) is 5.82 Å². The van der Waals surface area contributed by atoms with Crippen LogP contribution in [0.4, 0.5) is 0 Å². The maximum atomic E-state index is 5.08. The van der Waals surface area contributed by atoms with E-state index in [2.05, 4.69) is 180 Å². The molecule has 0 aliphatic carbocycles. The molecule has 10 aromatic rings. The Bertz CT molecular complexity index is 2780. The molecule has 3 heteroatoms. The van der Waals surface area contributed by atoms with Crippen molar-refractivity contribution in [2.75, 3.05) is 0 Å². The van der Waals surface area contributed by atoms with Crippen molar-refractivity contribution in [3.8, 4) is 73.0 Å². The van der Waals surface area contributed by atoms with Gasteiger partial charge in [-0.25, -0.2) is 9.97 Å². The van der Waals surface area contributed by atoms with E-state index in [-0.39, 0.29) is 0 Å². The van der Waals surface area contributed by atoms with Crippen molar-refractivity contribution in [2.45, 2.75) is 0 Å². The molecule has 0 spiro atoms. The third-order valence-corrected chi connectivity index (χ3v) is 10.4. The summed E-state index contributed by atoms with van der Waals surface area (Å²) in [5, 5.41) is 2.47. The molecular weight excluding hydrogens is 667 g/mol. The molecule has 0 atom stereocenters. The van der Waals surface area contributed by atoms with Crippen LogP contribution < -0.4 is 0 Å².